The molecule has 0 saturated carbocycles. The minimum absolute atomic E-state index is 0.178. The zero-order valence-corrected chi connectivity index (χ0v) is 14.4. The maximum Gasteiger partial charge on any atom is 0.416 e. The number of alkyl halides is 4. The molecule has 1 unspecified atom stereocenters. The zero-order chi connectivity index (χ0) is 19.5. The highest BCUT2D eigenvalue weighted by Gasteiger charge is 2.53. The van der Waals surface area contributed by atoms with Crippen LogP contribution in [0.2, 0.25) is 0 Å². The van der Waals surface area contributed by atoms with Gasteiger partial charge in [0.25, 0.3) is 0 Å². The van der Waals surface area contributed by atoms with Crippen molar-refractivity contribution in [1.29, 1.82) is 0 Å². The summed E-state index contributed by atoms with van der Waals surface area (Å²) in [5.41, 5.74) is -5.29. The summed E-state index contributed by atoms with van der Waals surface area (Å²) in [5.74, 6) is -2.61. The minimum atomic E-state index is -4.72. The Hall–Kier alpha value is -2.12. The second-order valence-corrected chi connectivity index (χ2v) is 6.34. The van der Waals surface area contributed by atoms with Crippen molar-refractivity contribution in [3.63, 3.8) is 0 Å². The maximum atomic E-state index is 13.9. The molecule has 0 aliphatic carbocycles. The first-order valence-corrected chi connectivity index (χ1v) is 7.53. The number of hydrogen-bond donors (Lipinski definition) is 0. The van der Waals surface area contributed by atoms with Crippen molar-refractivity contribution in [3.05, 3.63) is 35.4 Å². The maximum absolute atomic E-state index is 13.9. The van der Waals surface area contributed by atoms with Crippen molar-refractivity contribution in [1.82, 2.24) is 0 Å². The van der Waals surface area contributed by atoms with E-state index in [1.165, 1.54) is 27.7 Å². The second kappa shape index (κ2) is 7.41. The molecule has 4 nitrogen and oxygen atoms in total. The Morgan fingerprint density at radius 1 is 1.04 bits per heavy atom. The number of carbonyl (C=O) groups is 2. The third-order valence-corrected chi connectivity index (χ3v) is 3.25. The molecule has 1 rings (SSSR count). The lowest BCUT2D eigenvalue weighted by Crippen LogP contribution is -2.50. The van der Waals surface area contributed by atoms with Crippen LogP contribution in [0.3, 0.4) is 0 Å². The van der Waals surface area contributed by atoms with Gasteiger partial charge in [0.1, 0.15) is 12.3 Å². The van der Waals surface area contributed by atoms with Crippen LogP contribution < -0.4 is 0 Å². The summed E-state index contributed by atoms with van der Waals surface area (Å²) in [6.45, 7) is 4.13. The fraction of sp³-hybridized carbons (Fsp3) is 0.529. The lowest BCUT2D eigenvalue weighted by Gasteiger charge is -2.31. The quantitative estimate of drug-likeness (QED) is 0.453. The van der Waals surface area contributed by atoms with E-state index >= 15 is 0 Å². The van der Waals surface area contributed by atoms with Crippen LogP contribution >= 0.6 is 0 Å². The van der Waals surface area contributed by atoms with Crippen molar-refractivity contribution in [2.75, 3.05) is 13.3 Å². The lowest BCUT2D eigenvalue weighted by atomic mass is 9.80. The van der Waals surface area contributed by atoms with Crippen molar-refractivity contribution in [2.45, 2.75) is 44.9 Å². The molecule has 0 radical (unpaired) electrons. The van der Waals surface area contributed by atoms with Gasteiger partial charge in [0, 0.05) is 0 Å². The molecule has 25 heavy (non-hydrogen) atoms. The third-order valence-electron chi connectivity index (χ3n) is 3.25. The Morgan fingerprint density at radius 2 is 1.60 bits per heavy atom. The van der Waals surface area contributed by atoms with E-state index in [1.54, 1.807) is 0 Å². The van der Waals surface area contributed by atoms with E-state index in [1.807, 2.05) is 0 Å². The highest BCUT2D eigenvalue weighted by atomic mass is 19.4. The number of benzene rings is 1. The van der Waals surface area contributed by atoms with Crippen LogP contribution in [0, 0.1) is 0 Å². The van der Waals surface area contributed by atoms with E-state index in [-0.39, 0.29) is 6.61 Å². The highest BCUT2D eigenvalue weighted by molar-refractivity contribution is 6.06. The number of ether oxygens (including phenoxy) is 2. The molecular weight excluding hydrogens is 344 g/mol. The van der Waals surface area contributed by atoms with Crippen molar-refractivity contribution < 1.29 is 36.6 Å². The minimum Gasteiger partial charge on any atom is -0.465 e. The van der Waals surface area contributed by atoms with Crippen molar-refractivity contribution in [2.24, 2.45) is 0 Å². The van der Waals surface area contributed by atoms with E-state index in [9.17, 15) is 27.2 Å². The summed E-state index contributed by atoms with van der Waals surface area (Å²) < 4.78 is 62.6. The van der Waals surface area contributed by atoms with Crippen molar-refractivity contribution >= 4 is 11.9 Å². The van der Waals surface area contributed by atoms with Crippen molar-refractivity contribution in [3.8, 4) is 0 Å². The van der Waals surface area contributed by atoms with E-state index < -0.39 is 46.9 Å². The Bertz CT molecular complexity index is 634. The normalized spacial score (nSPS) is 14.6. The van der Waals surface area contributed by atoms with Gasteiger partial charge in [-0.1, -0.05) is 18.2 Å². The molecule has 0 bridgehead atoms. The van der Waals surface area contributed by atoms with E-state index in [0.29, 0.717) is 6.07 Å². The van der Waals surface area contributed by atoms with Crippen LogP contribution in [-0.2, 0) is 30.7 Å². The van der Waals surface area contributed by atoms with Crippen LogP contribution in [0.5, 0.6) is 0 Å². The Morgan fingerprint density at radius 3 is 2.04 bits per heavy atom. The first kappa shape index (κ1) is 20.9. The molecule has 1 atom stereocenters. The molecular formula is C17H20F4O4. The molecule has 0 amide bonds. The zero-order valence-electron chi connectivity index (χ0n) is 14.4. The molecule has 0 aliphatic heterocycles. The Labute approximate surface area is 143 Å². The molecule has 0 N–H and O–H groups in total. The van der Waals surface area contributed by atoms with E-state index in [0.717, 1.165) is 18.2 Å². The van der Waals surface area contributed by atoms with Gasteiger partial charge in [0.2, 0.25) is 5.41 Å². The van der Waals surface area contributed by atoms with Gasteiger partial charge >= 0.3 is 18.1 Å². The molecule has 8 heteroatoms. The summed E-state index contributed by atoms with van der Waals surface area (Å²) in [6, 6.07) is 3.37. The largest absolute Gasteiger partial charge is 0.465 e. The topological polar surface area (TPSA) is 52.6 Å². The summed E-state index contributed by atoms with van der Waals surface area (Å²) in [7, 11) is 0. The molecule has 0 heterocycles. The first-order chi connectivity index (χ1) is 11.4. The fourth-order valence-electron chi connectivity index (χ4n) is 2.09. The fourth-order valence-corrected chi connectivity index (χ4v) is 2.09. The first-order valence-electron chi connectivity index (χ1n) is 7.53. The standard InChI is InChI=1S/C17H20F4O4/c1-5-24-13(22)16(10-18,14(23)25-15(2,3)4)11-7-6-8-12(9-11)17(19,20)21/h6-9H,5,10H2,1-4H3. The number of hydrogen-bond acceptors (Lipinski definition) is 4. The number of rotatable bonds is 5. The summed E-state index contributed by atoms with van der Waals surface area (Å²) >= 11 is 0. The molecule has 1 aromatic carbocycles. The van der Waals surface area contributed by atoms with E-state index in [4.69, 9.17) is 9.47 Å². The predicted octanol–water partition coefficient (Wildman–Crippen LogP) is 3.82. The molecule has 0 aromatic heterocycles. The number of esters is 2. The summed E-state index contributed by atoms with van der Waals surface area (Å²) in [6.07, 6.45) is -4.72. The smallest absolute Gasteiger partial charge is 0.416 e. The van der Waals surface area contributed by atoms with E-state index in [2.05, 4.69) is 0 Å². The summed E-state index contributed by atoms with van der Waals surface area (Å²) in [4.78, 5) is 24.9. The van der Waals surface area contributed by atoms with Gasteiger partial charge in [0.05, 0.1) is 12.2 Å². The average Bonchev–Trinajstić information content (AvgIpc) is 2.46. The van der Waals surface area contributed by atoms with Gasteiger partial charge in [-0.15, -0.1) is 0 Å². The van der Waals surface area contributed by atoms with Gasteiger partial charge in [-0.3, -0.25) is 9.59 Å². The molecule has 0 spiro atoms. The van der Waals surface area contributed by atoms with Crippen LogP contribution in [0.4, 0.5) is 17.6 Å². The molecule has 1 aromatic rings. The average molecular weight is 364 g/mol. The van der Waals surface area contributed by atoms with Gasteiger partial charge in [-0.05, 0) is 39.3 Å². The third kappa shape index (κ3) is 4.70. The van der Waals surface area contributed by atoms with Gasteiger partial charge in [0.15, 0.2) is 0 Å². The monoisotopic (exact) mass is 364 g/mol. The molecule has 140 valence electrons. The van der Waals surface area contributed by atoms with Crippen LogP contribution in [-0.4, -0.2) is 30.8 Å². The molecule has 0 fully saturated rings. The van der Waals surface area contributed by atoms with Gasteiger partial charge < -0.3 is 9.47 Å². The van der Waals surface area contributed by atoms with Crippen LogP contribution in [0.1, 0.15) is 38.8 Å². The number of carbonyl (C=O) groups excluding carboxylic acids is 2. The Balaban J connectivity index is 3.56. The predicted molar refractivity (Wildman–Crippen MR) is 81.6 cm³/mol. The summed E-state index contributed by atoms with van der Waals surface area (Å²) in [5, 5.41) is 0. The Kier molecular flexibility index (Phi) is 6.20. The van der Waals surface area contributed by atoms with Gasteiger partial charge in [-0.25, -0.2) is 4.39 Å². The lowest BCUT2D eigenvalue weighted by molar-refractivity contribution is -0.173. The molecule has 0 saturated heterocycles. The molecule has 0 aliphatic rings. The number of halogens is 4. The SMILES string of the molecule is CCOC(=O)C(CF)(C(=O)OC(C)(C)C)c1cccc(C(F)(F)F)c1. The van der Waals surface area contributed by atoms with Crippen LogP contribution in [0.15, 0.2) is 24.3 Å². The second-order valence-electron chi connectivity index (χ2n) is 6.34. The van der Waals surface area contributed by atoms with Gasteiger partial charge in [-0.2, -0.15) is 13.2 Å². The van der Waals surface area contributed by atoms with Crippen LogP contribution in [0.25, 0.3) is 0 Å². The highest BCUT2D eigenvalue weighted by Crippen LogP contribution is 2.35.